The number of rotatable bonds is 5. The molecule has 5 heteroatoms. The van der Waals surface area contributed by atoms with Gasteiger partial charge in [0.15, 0.2) is 5.76 Å². The second-order valence-corrected chi connectivity index (χ2v) is 6.63. The number of para-hydroxylation sites is 1. The van der Waals surface area contributed by atoms with E-state index in [-0.39, 0.29) is 11.5 Å². The molecule has 1 aliphatic rings. The summed E-state index contributed by atoms with van der Waals surface area (Å²) in [6.07, 6.45) is 1.69. The highest BCUT2D eigenvalue weighted by atomic mass is 35.5. The van der Waals surface area contributed by atoms with Crippen molar-refractivity contribution in [2.24, 2.45) is 0 Å². The first-order valence-corrected chi connectivity index (χ1v) is 9.11. The van der Waals surface area contributed by atoms with Crippen LogP contribution in [0.1, 0.15) is 21.5 Å². The van der Waals surface area contributed by atoms with Gasteiger partial charge in [-0.2, -0.15) is 0 Å². The zero-order valence-electron chi connectivity index (χ0n) is 15.1. The summed E-state index contributed by atoms with van der Waals surface area (Å²) in [6, 6.07) is 20.1. The summed E-state index contributed by atoms with van der Waals surface area (Å²) in [5.41, 5.74) is 2.17. The Morgan fingerprint density at radius 1 is 1.04 bits per heavy atom. The minimum atomic E-state index is -0.168. The van der Waals surface area contributed by atoms with Gasteiger partial charge in [-0.1, -0.05) is 48.0 Å². The average molecular weight is 393 g/mol. The van der Waals surface area contributed by atoms with E-state index in [0.717, 1.165) is 11.1 Å². The quantitative estimate of drug-likeness (QED) is 0.534. The van der Waals surface area contributed by atoms with E-state index in [0.29, 0.717) is 34.4 Å². The lowest BCUT2D eigenvalue weighted by Gasteiger charge is -2.08. The van der Waals surface area contributed by atoms with Crippen LogP contribution in [0.2, 0.25) is 5.02 Å². The smallest absolute Gasteiger partial charge is 0.231 e. The van der Waals surface area contributed by atoms with Gasteiger partial charge < -0.3 is 14.2 Å². The predicted octanol–water partition coefficient (Wildman–Crippen LogP) is 5.54. The second-order valence-electron chi connectivity index (χ2n) is 6.22. The molecule has 0 aliphatic carbocycles. The first-order chi connectivity index (χ1) is 13.7. The molecular formula is C23H17ClO4. The third-order valence-electron chi connectivity index (χ3n) is 4.42. The van der Waals surface area contributed by atoms with Gasteiger partial charge in [-0.25, -0.2) is 0 Å². The zero-order valence-corrected chi connectivity index (χ0v) is 15.9. The Kier molecular flexibility index (Phi) is 5.04. The first-order valence-electron chi connectivity index (χ1n) is 8.73. The number of ketones is 1. The normalized spacial score (nSPS) is 13.9. The molecule has 3 aromatic rings. The fourth-order valence-corrected chi connectivity index (χ4v) is 3.15. The molecule has 0 saturated heterocycles. The number of hydrogen-bond acceptors (Lipinski definition) is 4. The molecule has 0 spiro atoms. The van der Waals surface area contributed by atoms with Crippen LogP contribution in [0.25, 0.3) is 6.08 Å². The molecule has 0 fully saturated rings. The summed E-state index contributed by atoms with van der Waals surface area (Å²) in [6.45, 7) is 0.330. The van der Waals surface area contributed by atoms with Gasteiger partial charge >= 0.3 is 0 Å². The Balaban J connectivity index is 1.54. The molecule has 3 aromatic carbocycles. The summed E-state index contributed by atoms with van der Waals surface area (Å²) in [5.74, 6) is 1.83. The van der Waals surface area contributed by atoms with Crippen molar-refractivity contribution in [1.82, 2.24) is 0 Å². The number of carbonyl (C=O) groups is 1. The standard InChI is InChI=1S/C23H17ClO4/c1-26-20-9-5-3-6-15(20)12-22-23(25)18-11-10-17(13-21(18)28-22)27-14-16-7-2-4-8-19(16)24/h2-13H,14H2,1H3/b22-12-. The fourth-order valence-electron chi connectivity index (χ4n) is 2.96. The van der Waals surface area contributed by atoms with Crippen molar-refractivity contribution in [1.29, 1.82) is 0 Å². The molecule has 4 nitrogen and oxygen atoms in total. The highest BCUT2D eigenvalue weighted by Gasteiger charge is 2.28. The highest BCUT2D eigenvalue weighted by molar-refractivity contribution is 6.31. The Bertz CT molecular complexity index is 1070. The molecule has 140 valence electrons. The summed E-state index contributed by atoms with van der Waals surface area (Å²) in [7, 11) is 1.59. The van der Waals surface area contributed by atoms with Crippen molar-refractivity contribution in [2.45, 2.75) is 6.61 Å². The van der Waals surface area contributed by atoms with Gasteiger partial charge in [0.05, 0.1) is 12.7 Å². The maximum atomic E-state index is 12.6. The monoisotopic (exact) mass is 392 g/mol. The van der Waals surface area contributed by atoms with Crippen LogP contribution < -0.4 is 14.2 Å². The molecular weight excluding hydrogens is 376 g/mol. The number of fused-ring (bicyclic) bond motifs is 1. The van der Waals surface area contributed by atoms with Crippen molar-refractivity contribution >= 4 is 23.5 Å². The predicted molar refractivity (Wildman–Crippen MR) is 108 cm³/mol. The number of halogens is 1. The van der Waals surface area contributed by atoms with Gasteiger partial charge in [0.25, 0.3) is 0 Å². The number of carbonyl (C=O) groups excluding carboxylic acids is 1. The van der Waals surface area contributed by atoms with Crippen molar-refractivity contribution < 1.29 is 19.0 Å². The first kappa shape index (κ1) is 18.1. The number of Topliss-reactive ketones (excluding diaryl/α,β-unsaturated/α-hetero) is 1. The molecule has 0 bridgehead atoms. The number of benzene rings is 3. The van der Waals surface area contributed by atoms with Crippen molar-refractivity contribution in [2.75, 3.05) is 7.11 Å². The van der Waals surface area contributed by atoms with E-state index in [1.807, 2.05) is 48.5 Å². The lowest BCUT2D eigenvalue weighted by molar-refractivity contribution is 0.101. The van der Waals surface area contributed by atoms with Crippen LogP contribution in [-0.4, -0.2) is 12.9 Å². The van der Waals surface area contributed by atoms with Crippen molar-refractivity contribution in [3.63, 3.8) is 0 Å². The summed E-state index contributed by atoms with van der Waals surface area (Å²) < 4.78 is 16.9. The van der Waals surface area contributed by atoms with Crippen LogP contribution in [0.3, 0.4) is 0 Å². The van der Waals surface area contributed by atoms with Gasteiger partial charge in [0, 0.05) is 22.2 Å². The minimum Gasteiger partial charge on any atom is -0.496 e. The van der Waals surface area contributed by atoms with Crippen LogP contribution in [0.4, 0.5) is 0 Å². The van der Waals surface area contributed by atoms with Crippen LogP contribution >= 0.6 is 11.6 Å². The SMILES string of the molecule is COc1ccccc1/C=C1\Oc2cc(OCc3ccccc3Cl)ccc2C1=O. The van der Waals surface area contributed by atoms with Crippen LogP contribution in [0, 0.1) is 0 Å². The van der Waals surface area contributed by atoms with Gasteiger partial charge in [0.2, 0.25) is 5.78 Å². The lowest BCUT2D eigenvalue weighted by atomic mass is 10.1. The van der Waals surface area contributed by atoms with Gasteiger partial charge in [-0.3, -0.25) is 4.79 Å². The molecule has 1 heterocycles. The fraction of sp³-hybridized carbons (Fsp3) is 0.0870. The molecule has 4 rings (SSSR count). The average Bonchev–Trinajstić information content (AvgIpc) is 3.02. The number of methoxy groups -OCH3 is 1. The molecule has 0 radical (unpaired) electrons. The van der Waals surface area contributed by atoms with Gasteiger partial charge in [0.1, 0.15) is 23.9 Å². The Hall–Kier alpha value is -3.24. The summed E-state index contributed by atoms with van der Waals surface area (Å²) in [4.78, 5) is 12.6. The molecule has 1 aliphatic heterocycles. The summed E-state index contributed by atoms with van der Waals surface area (Å²) in [5, 5.41) is 0.650. The molecule has 0 saturated carbocycles. The van der Waals surface area contributed by atoms with E-state index in [2.05, 4.69) is 0 Å². The topological polar surface area (TPSA) is 44.8 Å². The molecule has 0 amide bonds. The second kappa shape index (κ2) is 7.79. The third-order valence-corrected chi connectivity index (χ3v) is 4.79. The lowest BCUT2D eigenvalue weighted by Crippen LogP contribution is -1.98. The highest BCUT2D eigenvalue weighted by Crippen LogP contribution is 2.36. The molecule has 0 N–H and O–H groups in total. The molecule has 0 aromatic heterocycles. The van der Waals surface area contributed by atoms with Crippen molar-refractivity contribution in [3.8, 4) is 17.2 Å². The summed E-state index contributed by atoms with van der Waals surface area (Å²) >= 11 is 6.16. The molecule has 0 atom stereocenters. The van der Waals surface area contributed by atoms with E-state index >= 15 is 0 Å². The van der Waals surface area contributed by atoms with Gasteiger partial charge in [-0.05, 0) is 30.3 Å². The van der Waals surface area contributed by atoms with E-state index in [1.54, 1.807) is 31.4 Å². The maximum Gasteiger partial charge on any atom is 0.231 e. The van der Waals surface area contributed by atoms with Crippen molar-refractivity contribution in [3.05, 3.63) is 94.2 Å². The van der Waals surface area contributed by atoms with Crippen LogP contribution in [0.15, 0.2) is 72.5 Å². The zero-order chi connectivity index (χ0) is 19.5. The van der Waals surface area contributed by atoms with Crippen LogP contribution in [-0.2, 0) is 6.61 Å². The minimum absolute atomic E-state index is 0.168. The van der Waals surface area contributed by atoms with E-state index in [9.17, 15) is 4.79 Å². The Morgan fingerprint density at radius 3 is 2.64 bits per heavy atom. The van der Waals surface area contributed by atoms with Crippen LogP contribution in [0.5, 0.6) is 17.2 Å². The van der Waals surface area contributed by atoms with E-state index in [1.165, 1.54) is 0 Å². The number of ether oxygens (including phenoxy) is 3. The number of allylic oxidation sites excluding steroid dienone is 1. The Morgan fingerprint density at radius 2 is 1.82 bits per heavy atom. The Labute approximate surface area is 167 Å². The maximum absolute atomic E-state index is 12.6. The molecule has 0 unspecified atom stereocenters. The number of hydrogen-bond donors (Lipinski definition) is 0. The molecule has 28 heavy (non-hydrogen) atoms. The van der Waals surface area contributed by atoms with E-state index < -0.39 is 0 Å². The third kappa shape index (κ3) is 3.59. The van der Waals surface area contributed by atoms with Gasteiger partial charge in [-0.15, -0.1) is 0 Å². The van der Waals surface area contributed by atoms with E-state index in [4.69, 9.17) is 25.8 Å². The largest absolute Gasteiger partial charge is 0.496 e.